The molecule has 0 aliphatic carbocycles. The Bertz CT molecular complexity index is 576. The second-order valence-electron chi connectivity index (χ2n) is 5.26. The number of rotatable bonds is 4. The van der Waals surface area contributed by atoms with E-state index in [9.17, 15) is 4.39 Å². The predicted octanol–water partition coefficient (Wildman–Crippen LogP) is 2.65. The monoisotopic (exact) mass is 306 g/mol. The molecule has 1 aliphatic rings. The van der Waals surface area contributed by atoms with E-state index in [-0.39, 0.29) is 5.82 Å². The number of nitrogens with one attached hydrogen (secondary N) is 1. The lowest BCUT2D eigenvalue weighted by Crippen LogP contribution is -2.44. The molecule has 21 heavy (non-hydrogen) atoms. The number of likely N-dealkylation sites (N-methyl/N-ethyl adjacent to an activating group) is 1. The fourth-order valence-corrected chi connectivity index (χ4v) is 3.18. The molecule has 0 spiro atoms. The van der Waals surface area contributed by atoms with Crippen molar-refractivity contribution in [2.75, 3.05) is 43.4 Å². The molecule has 0 radical (unpaired) electrons. The van der Waals surface area contributed by atoms with E-state index in [2.05, 4.69) is 27.1 Å². The van der Waals surface area contributed by atoms with Gasteiger partial charge in [0, 0.05) is 42.9 Å². The van der Waals surface area contributed by atoms with Gasteiger partial charge >= 0.3 is 0 Å². The largest absolute Gasteiger partial charge is 0.380 e. The minimum absolute atomic E-state index is 0.212. The van der Waals surface area contributed by atoms with Crippen LogP contribution in [0.15, 0.2) is 30.5 Å². The standard InChI is InChI=1S/C15H19FN4S/c1-19-6-8-20(9-7-19)15-18-11-14(21-15)10-17-13-4-2-12(16)3-5-13/h2-5,11,17H,6-10H2,1H3. The van der Waals surface area contributed by atoms with Gasteiger partial charge in [-0.25, -0.2) is 9.37 Å². The fraction of sp³-hybridized carbons (Fsp3) is 0.400. The molecule has 2 aromatic rings. The number of halogens is 1. The van der Waals surface area contributed by atoms with E-state index in [1.54, 1.807) is 23.5 Å². The zero-order valence-electron chi connectivity index (χ0n) is 12.1. The summed E-state index contributed by atoms with van der Waals surface area (Å²) < 4.78 is 12.8. The van der Waals surface area contributed by atoms with Crippen molar-refractivity contribution in [1.82, 2.24) is 9.88 Å². The van der Waals surface area contributed by atoms with Gasteiger partial charge < -0.3 is 15.1 Å². The van der Waals surface area contributed by atoms with Crippen LogP contribution in [0.25, 0.3) is 0 Å². The van der Waals surface area contributed by atoms with Crippen LogP contribution in [0.3, 0.4) is 0 Å². The molecule has 0 unspecified atom stereocenters. The third kappa shape index (κ3) is 3.71. The van der Waals surface area contributed by atoms with Crippen molar-refractivity contribution in [2.24, 2.45) is 0 Å². The summed E-state index contributed by atoms with van der Waals surface area (Å²) in [6, 6.07) is 6.42. The maximum atomic E-state index is 12.8. The van der Waals surface area contributed by atoms with Gasteiger partial charge in [-0.15, -0.1) is 11.3 Å². The number of aromatic nitrogens is 1. The van der Waals surface area contributed by atoms with Crippen LogP contribution >= 0.6 is 11.3 Å². The van der Waals surface area contributed by atoms with Gasteiger partial charge in [0.15, 0.2) is 5.13 Å². The predicted molar refractivity (Wildman–Crippen MR) is 85.6 cm³/mol. The normalized spacial score (nSPS) is 16.2. The van der Waals surface area contributed by atoms with Crippen LogP contribution in [0.2, 0.25) is 0 Å². The van der Waals surface area contributed by atoms with Gasteiger partial charge in [0.05, 0.1) is 6.54 Å². The molecule has 1 N–H and O–H groups in total. The van der Waals surface area contributed by atoms with Gasteiger partial charge in [-0.05, 0) is 31.3 Å². The van der Waals surface area contributed by atoms with Gasteiger partial charge in [-0.3, -0.25) is 0 Å². The maximum absolute atomic E-state index is 12.8. The van der Waals surface area contributed by atoms with E-state index < -0.39 is 0 Å². The van der Waals surface area contributed by atoms with Crippen molar-refractivity contribution < 1.29 is 4.39 Å². The first kappa shape index (κ1) is 14.3. The lowest BCUT2D eigenvalue weighted by atomic mass is 10.3. The summed E-state index contributed by atoms with van der Waals surface area (Å²) in [6.45, 7) is 4.96. The molecule has 112 valence electrons. The Labute approximate surface area is 128 Å². The highest BCUT2D eigenvalue weighted by Gasteiger charge is 2.16. The van der Waals surface area contributed by atoms with Crippen molar-refractivity contribution in [3.63, 3.8) is 0 Å². The third-order valence-corrected chi connectivity index (χ3v) is 4.68. The van der Waals surface area contributed by atoms with Gasteiger partial charge in [-0.1, -0.05) is 0 Å². The molecule has 6 heteroatoms. The Hall–Kier alpha value is -1.66. The molecule has 1 saturated heterocycles. The van der Waals surface area contributed by atoms with Crippen LogP contribution in [0.1, 0.15) is 4.88 Å². The van der Waals surface area contributed by atoms with Crippen LogP contribution in [-0.4, -0.2) is 43.1 Å². The minimum atomic E-state index is -0.212. The smallest absolute Gasteiger partial charge is 0.185 e. The molecule has 1 aliphatic heterocycles. The van der Waals surface area contributed by atoms with Crippen LogP contribution in [0.4, 0.5) is 15.2 Å². The number of hydrogen-bond donors (Lipinski definition) is 1. The molecule has 0 amide bonds. The average Bonchev–Trinajstić information content (AvgIpc) is 2.96. The molecule has 2 heterocycles. The first-order valence-electron chi connectivity index (χ1n) is 7.08. The Morgan fingerprint density at radius 1 is 1.19 bits per heavy atom. The van der Waals surface area contributed by atoms with Crippen LogP contribution in [0, 0.1) is 5.82 Å². The Kier molecular flexibility index (Phi) is 4.36. The Morgan fingerprint density at radius 2 is 1.90 bits per heavy atom. The zero-order valence-corrected chi connectivity index (χ0v) is 12.9. The second kappa shape index (κ2) is 6.41. The van der Waals surface area contributed by atoms with Gasteiger partial charge in [0.2, 0.25) is 0 Å². The summed E-state index contributed by atoms with van der Waals surface area (Å²) in [7, 11) is 2.15. The van der Waals surface area contributed by atoms with Crippen LogP contribution in [-0.2, 0) is 6.54 Å². The van der Waals surface area contributed by atoms with E-state index in [0.717, 1.165) is 43.5 Å². The van der Waals surface area contributed by atoms with Crippen molar-refractivity contribution in [2.45, 2.75) is 6.54 Å². The molecule has 0 atom stereocenters. The summed E-state index contributed by atoms with van der Waals surface area (Å²) in [5.41, 5.74) is 0.922. The first-order chi connectivity index (χ1) is 10.2. The Morgan fingerprint density at radius 3 is 2.62 bits per heavy atom. The molecule has 1 fully saturated rings. The number of anilines is 2. The highest BCUT2D eigenvalue weighted by atomic mass is 32.1. The lowest BCUT2D eigenvalue weighted by Gasteiger charge is -2.32. The molecule has 4 nitrogen and oxygen atoms in total. The summed E-state index contributed by atoms with van der Waals surface area (Å²) in [4.78, 5) is 10.4. The fourth-order valence-electron chi connectivity index (χ4n) is 2.28. The molecular weight excluding hydrogens is 287 g/mol. The van der Waals surface area contributed by atoms with Gasteiger partial charge in [0.1, 0.15) is 5.82 Å². The number of piperazine rings is 1. The van der Waals surface area contributed by atoms with Crippen LogP contribution < -0.4 is 10.2 Å². The maximum Gasteiger partial charge on any atom is 0.185 e. The summed E-state index contributed by atoms with van der Waals surface area (Å²) in [5.74, 6) is -0.212. The molecule has 0 bridgehead atoms. The summed E-state index contributed by atoms with van der Waals surface area (Å²) in [6.07, 6.45) is 1.93. The number of hydrogen-bond acceptors (Lipinski definition) is 5. The first-order valence-corrected chi connectivity index (χ1v) is 7.90. The SMILES string of the molecule is CN1CCN(c2ncc(CNc3ccc(F)cc3)s2)CC1. The number of thiazole rings is 1. The molecule has 1 aromatic carbocycles. The van der Waals surface area contributed by atoms with E-state index in [0.29, 0.717) is 0 Å². The van der Waals surface area contributed by atoms with E-state index in [4.69, 9.17) is 0 Å². The second-order valence-corrected chi connectivity index (χ2v) is 6.35. The van der Waals surface area contributed by atoms with Gasteiger partial charge in [-0.2, -0.15) is 0 Å². The van der Waals surface area contributed by atoms with Crippen molar-refractivity contribution in [1.29, 1.82) is 0 Å². The van der Waals surface area contributed by atoms with E-state index in [1.807, 2.05) is 6.20 Å². The summed E-state index contributed by atoms with van der Waals surface area (Å²) in [5, 5.41) is 4.38. The van der Waals surface area contributed by atoms with Crippen molar-refractivity contribution in [3.05, 3.63) is 41.2 Å². The Balaban J connectivity index is 1.56. The zero-order chi connectivity index (χ0) is 14.7. The van der Waals surface area contributed by atoms with Gasteiger partial charge in [0.25, 0.3) is 0 Å². The number of benzene rings is 1. The topological polar surface area (TPSA) is 31.4 Å². The minimum Gasteiger partial charge on any atom is -0.380 e. The third-order valence-electron chi connectivity index (χ3n) is 3.63. The molecule has 3 rings (SSSR count). The highest BCUT2D eigenvalue weighted by Crippen LogP contribution is 2.24. The summed E-state index contributed by atoms with van der Waals surface area (Å²) >= 11 is 1.72. The van der Waals surface area contributed by atoms with E-state index in [1.165, 1.54) is 17.0 Å². The molecular formula is C15H19FN4S. The molecule has 1 aromatic heterocycles. The average molecular weight is 306 g/mol. The number of nitrogens with zero attached hydrogens (tertiary/aromatic N) is 3. The van der Waals surface area contributed by atoms with Crippen LogP contribution in [0.5, 0.6) is 0 Å². The molecule has 0 saturated carbocycles. The highest BCUT2D eigenvalue weighted by molar-refractivity contribution is 7.15. The van der Waals surface area contributed by atoms with Crippen molar-refractivity contribution in [3.8, 4) is 0 Å². The van der Waals surface area contributed by atoms with Crippen molar-refractivity contribution >= 4 is 22.2 Å². The van der Waals surface area contributed by atoms with E-state index >= 15 is 0 Å². The lowest BCUT2D eigenvalue weighted by molar-refractivity contribution is 0.313. The quantitative estimate of drug-likeness (QED) is 0.941.